The lowest BCUT2D eigenvalue weighted by Crippen LogP contribution is -2.28. The van der Waals surface area contributed by atoms with Gasteiger partial charge in [0, 0.05) is 24.2 Å². The zero-order valence-corrected chi connectivity index (χ0v) is 20.6. The number of carbonyl (C=O) groups excluding carboxylic acids is 2. The highest BCUT2D eigenvalue weighted by Crippen LogP contribution is 2.33. The van der Waals surface area contributed by atoms with Crippen molar-refractivity contribution in [3.05, 3.63) is 42.1 Å². The van der Waals surface area contributed by atoms with Crippen LogP contribution in [0.5, 0.6) is 0 Å². The van der Waals surface area contributed by atoms with Crippen molar-refractivity contribution in [1.29, 1.82) is 0 Å². The van der Waals surface area contributed by atoms with Crippen molar-refractivity contribution in [3.8, 4) is 0 Å². The lowest BCUT2D eigenvalue weighted by atomic mass is 10.1. The summed E-state index contributed by atoms with van der Waals surface area (Å²) < 4.78 is 36.5. The van der Waals surface area contributed by atoms with E-state index in [1.807, 2.05) is 0 Å². The van der Waals surface area contributed by atoms with Gasteiger partial charge in [-0.15, -0.1) is 5.10 Å². The van der Waals surface area contributed by atoms with E-state index in [1.54, 1.807) is 20.8 Å². The molecule has 2 aromatic rings. The van der Waals surface area contributed by atoms with Crippen LogP contribution in [-0.2, 0) is 28.9 Å². The minimum Gasteiger partial charge on any atom is -0.442 e. The Balaban J connectivity index is 1.53. The lowest BCUT2D eigenvalue weighted by molar-refractivity contribution is -0.110. The lowest BCUT2D eigenvalue weighted by Gasteiger charge is -2.18. The maximum Gasteiger partial charge on any atom is 0.435 e. The molecule has 1 saturated carbocycles. The van der Waals surface area contributed by atoms with Gasteiger partial charge in [-0.05, 0) is 45.7 Å². The van der Waals surface area contributed by atoms with Crippen molar-refractivity contribution < 1.29 is 32.3 Å². The number of amides is 1. The molecule has 0 radical (unpaired) electrons. The first-order valence-corrected chi connectivity index (χ1v) is 12.8. The fourth-order valence-corrected chi connectivity index (χ4v) is 4.96. The second-order valence-corrected chi connectivity index (χ2v) is 11.6. The van der Waals surface area contributed by atoms with E-state index in [4.69, 9.17) is 14.3 Å². The van der Waals surface area contributed by atoms with Gasteiger partial charge in [0.1, 0.15) is 5.60 Å². The molecule has 1 amide bonds. The Morgan fingerprint density at radius 3 is 2.46 bits per heavy atom. The van der Waals surface area contributed by atoms with Crippen LogP contribution in [0.15, 0.2) is 46.6 Å². The van der Waals surface area contributed by atoms with Gasteiger partial charge in [-0.1, -0.05) is 17.3 Å². The molecule has 2 fully saturated rings. The highest BCUT2D eigenvalue weighted by Gasteiger charge is 2.36. The van der Waals surface area contributed by atoms with Gasteiger partial charge in [0.05, 0.1) is 23.4 Å². The van der Waals surface area contributed by atoms with E-state index in [0.29, 0.717) is 38.0 Å². The fraction of sp³-hybridized carbons (Fsp3) is 0.478. The Kier molecular flexibility index (Phi) is 6.95. The van der Waals surface area contributed by atoms with E-state index >= 15 is 0 Å². The first-order valence-electron chi connectivity index (χ1n) is 11.3. The maximum atomic E-state index is 13.1. The third-order valence-corrected chi connectivity index (χ3v) is 7.51. The van der Waals surface area contributed by atoms with Gasteiger partial charge in [0.15, 0.2) is 27.5 Å². The first-order chi connectivity index (χ1) is 16.5. The summed E-state index contributed by atoms with van der Waals surface area (Å²) in [5.74, 6) is -0.540. The molecule has 4 rings (SSSR count). The number of hydrogen-bond donors (Lipinski definition) is 1. The number of nitrogens with one attached hydrogen (secondary N) is 1. The number of anilines is 1. The average molecular weight is 505 g/mol. The molecule has 1 aliphatic carbocycles. The summed E-state index contributed by atoms with van der Waals surface area (Å²) >= 11 is 0. The van der Waals surface area contributed by atoms with Crippen molar-refractivity contribution in [2.24, 2.45) is 5.16 Å². The number of ether oxygens (including phenoxy) is 2. The normalized spacial score (nSPS) is 18.8. The predicted octanol–water partition coefficient (Wildman–Crippen LogP) is 2.75. The summed E-state index contributed by atoms with van der Waals surface area (Å²) in [6, 6.07) is 7.39. The third kappa shape index (κ3) is 6.25. The minimum atomic E-state index is -3.37. The van der Waals surface area contributed by atoms with Gasteiger partial charge in [-0.25, -0.2) is 13.2 Å². The number of hydrogen-bond acceptors (Lipinski definition) is 9. The molecule has 1 aromatic carbocycles. The molecule has 0 bridgehead atoms. The average Bonchev–Trinajstić information content (AvgIpc) is 3.34. The summed E-state index contributed by atoms with van der Waals surface area (Å²) in [6.45, 7) is 6.10. The Bertz CT molecular complexity index is 1220. The summed E-state index contributed by atoms with van der Waals surface area (Å²) in [5.41, 5.74) is -0.408. The molecular weight excluding hydrogens is 476 g/mol. The molecule has 2 aliphatic rings. The third-order valence-electron chi connectivity index (χ3n) is 5.23. The zero-order valence-electron chi connectivity index (χ0n) is 19.8. The van der Waals surface area contributed by atoms with Crippen LogP contribution in [0, 0.1) is 0 Å². The Labute approximate surface area is 203 Å². The number of oxime groups is 1. The summed E-state index contributed by atoms with van der Waals surface area (Å²) in [7, 11) is -3.37. The molecule has 188 valence electrons. The van der Waals surface area contributed by atoms with Crippen LogP contribution in [0.2, 0.25) is 0 Å². The van der Waals surface area contributed by atoms with E-state index in [1.165, 1.54) is 36.5 Å². The van der Waals surface area contributed by atoms with Gasteiger partial charge < -0.3 is 19.6 Å². The van der Waals surface area contributed by atoms with Gasteiger partial charge in [-0.2, -0.15) is 4.68 Å². The van der Waals surface area contributed by atoms with Gasteiger partial charge in [0.25, 0.3) is 5.91 Å². The van der Waals surface area contributed by atoms with Crippen molar-refractivity contribution >= 4 is 33.4 Å². The predicted molar refractivity (Wildman–Crippen MR) is 126 cm³/mol. The highest BCUT2D eigenvalue weighted by molar-refractivity contribution is 7.92. The molecule has 1 aliphatic heterocycles. The second kappa shape index (κ2) is 9.78. The van der Waals surface area contributed by atoms with E-state index in [9.17, 15) is 18.0 Å². The van der Waals surface area contributed by atoms with Crippen LogP contribution in [-0.4, -0.2) is 66.1 Å². The van der Waals surface area contributed by atoms with Gasteiger partial charge in [-0.3, -0.25) is 4.79 Å². The fourth-order valence-electron chi connectivity index (χ4n) is 3.30. The van der Waals surface area contributed by atoms with Crippen LogP contribution in [0.4, 0.5) is 10.6 Å². The molecule has 0 unspecified atom stereocenters. The quantitative estimate of drug-likeness (QED) is 0.449. The van der Waals surface area contributed by atoms with Gasteiger partial charge in [0.2, 0.25) is 0 Å². The molecule has 0 spiro atoms. The van der Waals surface area contributed by atoms with Crippen LogP contribution < -0.4 is 5.32 Å². The zero-order chi connectivity index (χ0) is 25.2. The summed E-state index contributed by atoms with van der Waals surface area (Å²) in [6.07, 6.45) is 2.34. The number of sulfone groups is 1. The molecule has 2 heterocycles. The van der Waals surface area contributed by atoms with Crippen LogP contribution >= 0.6 is 0 Å². The largest absolute Gasteiger partial charge is 0.442 e. The standard InChI is InChI=1S/C23H28N4O7S/c1-23(2,3)33-22(29)27-12-10-19(25-27)24-21(28)20(26-34-16-11-13-32-14-16)15-4-6-17(7-5-15)35(30,31)18-8-9-18/h4-7,10,12,16,18H,8-9,11,13-14H2,1-3H3,(H,24,25,28)/b26-20+/t16-/m1/s1. The molecule has 1 aromatic heterocycles. The molecular formula is C23H28N4O7S. The smallest absolute Gasteiger partial charge is 0.435 e. The number of aromatic nitrogens is 2. The van der Waals surface area contributed by atoms with Crippen molar-refractivity contribution in [1.82, 2.24) is 9.78 Å². The van der Waals surface area contributed by atoms with E-state index in [-0.39, 0.29) is 27.8 Å². The van der Waals surface area contributed by atoms with E-state index in [2.05, 4.69) is 15.6 Å². The Morgan fingerprint density at radius 2 is 1.86 bits per heavy atom. The number of carbonyl (C=O) groups is 2. The van der Waals surface area contributed by atoms with Crippen molar-refractivity contribution in [3.63, 3.8) is 0 Å². The number of rotatable bonds is 7. The summed E-state index contributed by atoms with van der Waals surface area (Å²) in [5, 5.41) is 10.3. The Hall–Kier alpha value is -3.25. The second-order valence-electron chi connectivity index (χ2n) is 9.38. The Morgan fingerprint density at radius 1 is 1.14 bits per heavy atom. The molecule has 1 saturated heterocycles. The first kappa shape index (κ1) is 24.9. The van der Waals surface area contributed by atoms with Crippen LogP contribution in [0.1, 0.15) is 45.6 Å². The molecule has 11 nitrogen and oxygen atoms in total. The van der Waals surface area contributed by atoms with Crippen LogP contribution in [0.3, 0.4) is 0 Å². The molecule has 35 heavy (non-hydrogen) atoms. The van der Waals surface area contributed by atoms with Crippen molar-refractivity contribution in [2.75, 3.05) is 18.5 Å². The SMILES string of the molecule is CC(C)(C)OC(=O)n1ccc(NC(=O)/C(=N/O[C@@H]2CCOC2)c2ccc(S(=O)(=O)C3CC3)cc2)n1. The minimum absolute atomic E-state index is 0.0703. The molecule has 12 heteroatoms. The monoisotopic (exact) mass is 504 g/mol. The summed E-state index contributed by atoms with van der Waals surface area (Å²) in [4.78, 5) is 31.0. The number of nitrogens with zero attached hydrogens (tertiary/aromatic N) is 3. The van der Waals surface area contributed by atoms with E-state index in [0.717, 1.165) is 4.68 Å². The van der Waals surface area contributed by atoms with E-state index < -0.39 is 27.4 Å². The maximum absolute atomic E-state index is 13.1. The van der Waals surface area contributed by atoms with Crippen LogP contribution in [0.25, 0.3) is 0 Å². The topological polar surface area (TPSA) is 138 Å². The molecule has 1 N–H and O–H groups in total. The highest BCUT2D eigenvalue weighted by atomic mass is 32.2. The number of benzene rings is 1. The van der Waals surface area contributed by atoms with Gasteiger partial charge >= 0.3 is 6.09 Å². The van der Waals surface area contributed by atoms with Crippen molar-refractivity contribution in [2.45, 2.75) is 61.9 Å². The molecule has 1 atom stereocenters.